The summed E-state index contributed by atoms with van der Waals surface area (Å²) in [6.07, 6.45) is 4.89. The van der Waals surface area contributed by atoms with E-state index in [0.29, 0.717) is 17.2 Å². The summed E-state index contributed by atoms with van der Waals surface area (Å²) in [6.45, 7) is 12.0. The molecule has 1 fully saturated rings. The maximum atomic E-state index is 12.2. The van der Waals surface area contributed by atoms with Crippen molar-refractivity contribution < 1.29 is 4.79 Å². The number of rotatable bonds is 6. The molecule has 3 heteroatoms. The van der Waals surface area contributed by atoms with E-state index in [1.807, 2.05) is 30.3 Å². The Balaban J connectivity index is 0.000000583. The average molecular weight is 481 g/mol. The summed E-state index contributed by atoms with van der Waals surface area (Å²) in [5.74, 6) is 0.490. The normalized spacial score (nSPS) is 13.1. The molecule has 0 radical (unpaired) electrons. The first-order valence-electron chi connectivity index (χ1n) is 12.9. The molecule has 1 saturated carbocycles. The number of nitrogens with zero attached hydrogens (tertiary/aromatic N) is 1. The number of aldehydes is 1. The smallest absolute Gasteiger partial charge is 0.128 e. The molecule has 1 atom stereocenters. The number of carbonyl (C=O) groups excluding carboxylic acids is 1. The molecule has 0 amide bonds. The molecular weight excluding hydrogens is 440 g/mol. The van der Waals surface area contributed by atoms with Crippen LogP contribution in [-0.4, -0.2) is 12.0 Å². The SMILES string of the molecule is CC(C)(c1cccc(-c2cccc(C#N)c2)c1)C(C=O)c1ccc(C2CC2)cc1.CC(C)=N.CCC. The fourth-order valence-corrected chi connectivity index (χ4v) is 4.10. The van der Waals surface area contributed by atoms with Gasteiger partial charge in [-0.1, -0.05) is 94.8 Å². The number of nitriles is 1. The van der Waals surface area contributed by atoms with Crippen LogP contribution >= 0.6 is 0 Å². The van der Waals surface area contributed by atoms with Crippen molar-refractivity contribution in [3.8, 4) is 17.2 Å². The highest BCUT2D eigenvalue weighted by Gasteiger charge is 2.33. The number of benzene rings is 3. The van der Waals surface area contributed by atoms with Crippen LogP contribution in [0.25, 0.3) is 11.1 Å². The number of nitrogens with one attached hydrogen (secondary N) is 1. The third-order valence-electron chi connectivity index (χ3n) is 6.19. The molecule has 188 valence electrons. The molecule has 4 rings (SSSR count). The van der Waals surface area contributed by atoms with E-state index in [2.05, 4.69) is 76.2 Å². The van der Waals surface area contributed by atoms with Crippen LogP contribution in [0.3, 0.4) is 0 Å². The Hall–Kier alpha value is -3.51. The standard InChI is InChI=1S/C27H25NO.C3H7N.C3H8/c1-27(2,26(18-29)22-13-11-21(12-14-22)20-9-10-20)25-8-4-7-24(16-25)23-6-3-5-19(15-23)17-28;1-3(2)4;1-3-2/h3-8,11-16,18,20,26H,9-10H2,1-2H3;4H,1-2H3;3H2,1-2H3. The Bertz CT molecular complexity index is 1180. The van der Waals surface area contributed by atoms with E-state index < -0.39 is 0 Å². The molecule has 3 aromatic rings. The molecule has 36 heavy (non-hydrogen) atoms. The maximum Gasteiger partial charge on any atom is 0.128 e. The Morgan fingerprint density at radius 3 is 2.03 bits per heavy atom. The van der Waals surface area contributed by atoms with Gasteiger partial charge in [0.15, 0.2) is 0 Å². The number of hydrogen-bond acceptors (Lipinski definition) is 3. The molecular formula is C33H40N2O. The van der Waals surface area contributed by atoms with Gasteiger partial charge < -0.3 is 10.2 Å². The number of carbonyl (C=O) groups is 1. The van der Waals surface area contributed by atoms with Gasteiger partial charge in [0, 0.05) is 17.0 Å². The first-order chi connectivity index (χ1) is 17.2. The molecule has 1 N–H and O–H groups in total. The quantitative estimate of drug-likeness (QED) is 0.283. The van der Waals surface area contributed by atoms with Gasteiger partial charge in [0.25, 0.3) is 0 Å². The summed E-state index contributed by atoms with van der Waals surface area (Å²) in [4.78, 5) is 12.2. The highest BCUT2D eigenvalue weighted by molar-refractivity contribution is 5.75. The first-order valence-corrected chi connectivity index (χ1v) is 12.9. The van der Waals surface area contributed by atoms with Gasteiger partial charge in [0.1, 0.15) is 6.29 Å². The molecule has 1 aliphatic carbocycles. The molecule has 0 bridgehead atoms. The lowest BCUT2D eigenvalue weighted by molar-refractivity contribution is -0.110. The molecule has 3 nitrogen and oxygen atoms in total. The minimum Gasteiger partial charge on any atom is -0.310 e. The van der Waals surface area contributed by atoms with Gasteiger partial charge >= 0.3 is 0 Å². The topological polar surface area (TPSA) is 64.7 Å². The van der Waals surface area contributed by atoms with E-state index in [4.69, 9.17) is 5.41 Å². The van der Waals surface area contributed by atoms with Crippen molar-refractivity contribution in [1.29, 1.82) is 10.7 Å². The van der Waals surface area contributed by atoms with Crippen LogP contribution in [0.4, 0.5) is 0 Å². The average Bonchev–Trinajstić information content (AvgIpc) is 3.71. The van der Waals surface area contributed by atoms with E-state index >= 15 is 0 Å². The lowest BCUT2D eigenvalue weighted by atomic mass is 9.70. The van der Waals surface area contributed by atoms with Crippen molar-refractivity contribution in [2.45, 2.75) is 78.1 Å². The van der Waals surface area contributed by atoms with Crippen LogP contribution < -0.4 is 0 Å². The molecule has 0 aliphatic heterocycles. The zero-order chi connectivity index (χ0) is 26.7. The molecule has 0 aromatic heterocycles. The lowest BCUT2D eigenvalue weighted by Crippen LogP contribution is -2.28. The minimum absolute atomic E-state index is 0.226. The largest absolute Gasteiger partial charge is 0.310 e. The van der Waals surface area contributed by atoms with Gasteiger partial charge in [-0.05, 0) is 72.6 Å². The van der Waals surface area contributed by atoms with Crippen LogP contribution in [0.15, 0.2) is 72.8 Å². The van der Waals surface area contributed by atoms with Crippen molar-refractivity contribution in [2.75, 3.05) is 0 Å². The van der Waals surface area contributed by atoms with Crippen molar-refractivity contribution in [2.24, 2.45) is 0 Å². The van der Waals surface area contributed by atoms with E-state index in [-0.39, 0.29) is 11.3 Å². The lowest BCUT2D eigenvalue weighted by Gasteiger charge is -2.32. The second-order valence-electron chi connectivity index (χ2n) is 10.3. The predicted octanol–water partition coefficient (Wildman–Crippen LogP) is 8.83. The Kier molecular flexibility index (Phi) is 10.8. The van der Waals surface area contributed by atoms with Gasteiger partial charge in [-0.2, -0.15) is 5.26 Å². The number of hydrogen-bond donors (Lipinski definition) is 1. The maximum absolute atomic E-state index is 12.2. The molecule has 0 saturated heterocycles. The van der Waals surface area contributed by atoms with Gasteiger partial charge in [-0.15, -0.1) is 0 Å². The summed E-state index contributed by atoms with van der Waals surface area (Å²) < 4.78 is 0. The molecule has 1 unspecified atom stereocenters. The summed E-state index contributed by atoms with van der Waals surface area (Å²) >= 11 is 0. The van der Waals surface area contributed by atoms with Gasteiger partial charge in [0.05, 0.1) is 11.6 Å². The Morgan fingerprint density at radius 1 is 1.00 bits per heavy atom. The zero-order valence-electron chi connectivity index (χ0n) is 22.6. The van der Waals surface area contributed by atoms with E-state index in [0.717, 1.165) is 28.5 Å². The van der Waals surface area contributed by atoms with Crippen LogP contribution in [0.2, 0.25) is 0 Å². The van der Waals surface area contributed by atoms with Crippen molar-refractivity contribution in [1.82, 2.24) is 0 Å². The minimum atomic E-state index is -0.355. The summed E-state index contributed by atoms with van der Waals surface area (Å²) in [6, 6.07) is 26.8. The Morgan fingerprint density at radius 2 is 1.53 bits per heavy atom. The fraction of sp³-hybridized carbons (Fsp3) is 0.364. The Labute approximate surface area is 217 Å². The highest BCUT2D eigenvalue weighted by atomic mass is 16.1. The van der Waals surface area contributed by atoms with Crippen molar-refractivity contribution >= 4 is 12.0 Å². The van der Waals surface area contributed by atoms with Crippen molar-refractivity contribution in [3.63, 3.8) is 0 Å². The van der Waals surface area contributed by atoms with E-state index in [9.17, 15) is 10.1 Å². The monoisotopic (exact) mass is 480 g/mol. The summed E-state index contributed by atoms with van der Waals surface area (Å²) in [5, 5.41) is 15.7. The van der Waals surface area contributed by atoms with Crippen LogP contribution in [0, 0.1) is 16.7 Å². The van der Waals surface area contributed by atoms with E-state index in [1.165, 1.54) is 24.8 Å². The molecule has 0 heterocycles. The van der Waals surface area contributed by atoms with Crippen LogP contribution in [-0.2, 0) is 10.2 Å². The van der Waals surface area contributed by atoms with Crippen LogP contribution in [0.1, 0.15) is 94.9 Å². The van der Waals surface area contributed by atoms with Gasteiger partial charge in [-0.3, -0.25) is 0 Å². The fourth-order valence-electron chi connectivity index (χ4n) is 4.10. The summed E-state index contributed by atoms with van der Waals surface area (Å²) in [7, 11) is 0. The molecule has 0 spiro atoms. The summed E-state index contributed by atoms with van der Waals surface area (Å²) in [5.41, 5.74) is 6.59. The zero-order valence-corrected chi connectivity index (χ0v) is 22.6. The predicted molar refractivity (Wildman–Crippen MR) is 152 cm³/mol. The second kappa shape index (κ2) is 13.5. The van der Waals surface area contributed by atoms with Gasteiger partial charge in [-0.25, -0.2) is 0 Å². The first kappa shape index (κ1) is 28.7. The van der Waals surface area contributed by atoms with E-state index in [1.54, 1.807) is 13.8 Å². The highest BCUT2D eigenvalue weighted by Crippen LogP contribution is 2.42. The second-order valence-corrected chi connectivity index (χ2v) is 10.3. The third kappa shape index (κ3) is 8.02. The van der Waals surface area contributed by atoms with Crippen molar-refractivity contribution in [3.05, 3.63) is 95.1 Å². The van der Waals surface area contributed by atoms with Gasteiger partial charge in [0.2, 0.25) is 0 Å². The molecule has 1 aliphatic rings. The van der Waals surface area contributed by atoms with Crippen LogP contribution in [0.5, 0.6) is 0 Å². The third-order valence-corrected chi connectivity index (χ3v) is 6.19. The molecule has 3 aromatic carbocycles.